The molecule has 0 saturated carbocycles. The molecule has 1 aromatic heterocycles. The van der Waals surface area contributed by atoms with Gasteiger partial charge in [-0.25, -0.2) is 9.97 Å². The molecular formula is C11H21N5. The molecule has 5 heteroatoms. The van der Waals surface area contributed by atoms with Gasteiger partial charge < -0.3 is 15.1 Å². The van der Waals surface area contributed by atoms with Gasteiger partial charge in [0.15, 0.2) is 0 Å². The van der Waals surface area contributed by atoms with Gasteiger partial charge in [0, 0.05) is 40.3 Å². The van der Waals surface area contributed by atoms with Crippen molar-refractivity contribution in [3.8, 4) is 0 Å². The largest absolute Gasteiger partial charge is 0.363 e. The summed E-state index contributed by atoms with van der Waals surface area (Å²) in [5.74, 6) is 2.71. The zero-order chi connectivity index (χ0) is 12.1. The van der Waals surface area contributed by atoms with E-state index in [4.69, 9.17) is 0 Å². The van der Waals surface area contributed by atoms with Crippen molar-refractivity contribution in [1.82, 2.24) is 15.3 Å². The van der Waals surface area contributed by atoms with E-state index < -0.39 is 0 Å². The third-order valence-corrected chi connectivity index (χ3v) is 2.36. The Morgan fingerprint density at radius 2 is 1.81 bits per heavy atom. The minimum Gasteiger partial charge on any atom is -0.363 e. The Balaban J connectivity index is 2.86. The summed E-state index contributed by atoms with van der Waals surface area (Å²) in [6.45, 7) is 3.79. The maximum atomic E-state index is 4.43. The van der Waals surface area contributed by atoms with Crippen molar-refractivity contribution in [2.45, 2.75) is 6.92 Å². The normalized spacial score (nSPS) is 10.3. The molecule has 0 radical (unpaired) electrons. The molecule has 0 atom stereocenters. The monoisotopic (exact) mass is 223 g/mol. The number of likely N-dealkylation sites (N-methyl/N-ethyl adjacent to an activating group) is 2. The average Bonchev–Trinajstić information content (AvgIpc) is 2.24. The van der Waals surface area contributed by atoms with Crippen molar-refractivity contribution >= 4 is 11.6 Å². The molecule has 0 spiro atoms. The van der Waals surface area contributed by atoms with E-state index in [-0.39, 0.29) is 0 Å². The highest BCUT2D eigenvalue weighted by molar-refractivity contribution is 5.49. The molecule has 0 aliphatic heterocycles. The third kappa shape index (κ3) is 3.34. The summed E-state index contributed by atoms with van der Waals surface area (Å²) in [4.78, 5) is 12.9. The summed E-state index contributed by atoms with van der Waals surface area (Å²) < 4.78 is 0. The SMILES string of the molecule is CNCCN(C)c1cc(N(C)C)nc(C)n1. The number of nitrogens with zero attached hydrogens (tertiary/aromatic N) is 4. The van der Waals surface area contributed by atoms with Crippen molar-refractivity contribution in [3.63, 3.8) is 0 Å². The van der Waals surface area contributed by atoms with Gasteiger partial charge in [-0.15, -0.1) is 0 Å². The second kappa shape index (κ2) is 5.65. The average molecular weight is 223 g/mol. The zero-order valence-corrected chi connectivity index (χ0v) is 10.8. The molecule has 0 amide bonds. The quantitative estimate of drug-likeness (QED) is 0.788. The number of aromatic nitrogens is 2. The van der Waals surface area contributed by atoms with E-state index in [0.717, 1.165) is 30.5 Å². The molecular weight excluding hydrogens is 202 g/mol. The molecule has 0 saturated heterocycles. The van der Waals surface area contributed by atoms with E-state index in [0.29, 0.717) is 0 Å². The van der Waals surface area contributed by atoms with Crippen LogP contribution in [0.4, 0.5) is 11.6 Å². The lowest BCUT2D eigenvalue weighted by Crippen LogP contribution is -2.28. The van der Waals surface area contributed by atoms with Gasteiger partial charge in [-0.2, -0.15) is 0 Å². The van der Waals surface area contributed by atoms with Crippen LogP contribution in [-0.2, 0) is 0 Å². The zero-order valence-electron chi connectivity index (χ0n) is 10.8. The van der Waals surface area contributed by atoms with Crippen LogP contribution in [0.3, 0.4) is 0 Å². The van der Waals surface area contributed by atoms with Crippen molar-refractivity contribution < 1.29 is 0 Å². The number of aryl methyl sites for hydroxylation is 1. The highest BCUT2D eigenvalue weighted by Crippen LogP contribution is 2.15. The summed E-state index contributed by atoms with van der Waals surface area (Å²) in [6.07, 6.45) is 0. The van der Waals surface area contributed by atoms with Crippen molar-refractivity contribution in [3.05, 3.63) is 11.9 Å². The highest BCUT2D eigenvalue weighted by Gasteiger charge is 2.07. The van der Waals surface area contributed by atoms with Gasteiger partial charge in [0.25, 0.3) is 0 Å². The molecule has 0 aliphatic carbocycles. The fraction of sp³-hybridized carbons (Fsp3) is 0.636. The third-order valence-electron chi connectivity index (χ3n) is 2.36. The van der Waals surface area contributed by atoms with Crippen LogP contribution >= 0.6 is 0 Å². The van der Waals surface area contributed by atoms with Crippen LogP contribution < -0.4 is 15.1 Å². The molecule has 0 fully saturated rings. The van der Waals surface area contributed by atoms with E-state index in [2.05, 4.69) is 20.2 Å². The fourth-order valence-electron chi connectivity index (χ4n) is 1.36. The number of rotatable bonds is 5. The lowest BCUT2D eigenvalue weighted by molar-refractivity contribution is 0.758. The van der Waals surface area contributed by atoms with E-state index in [9.17, 15) is 0 Å². The minimum absolute atomic E-state index is 0.803. The first kappa shape index (κ1) is 12.7. The van der Waals surface area contributed by atoms with E-state index in [1.165, 1.54) is 0 Å². The highest BCUT2D eigenvalue weighted by atomic mass is 15.2. The summed E-state index contributed by atoms with van der Waals surface area (Å²) in [7, 11) is 7.96. The number of anilines is 2. The maximum absolute atomic E-state index is 4.43. The van der Waals surface area contributed by atoms with Crippen molar-refractivity contribution in [1.29, 1.82) is 0 Å². The predicted molar refractivity (Wildman–Crippen MR) is 68.3 cm³/mol. The van der Waals surface area contributed by atoms with E-state index >= 15 is 0 Å². The molecule has 90 valence electrons. The Morgan fingerprint density at radius 3 is 2.38 bits per heavy atom. The lowest BCUT2D eigenvalue weighted by Gasteiger charge is -2.20. The molecule has 1 aromatic rings. The summed E-state index contributed by atoms with van der Waals surface area (Å²) in [5, 5.41) is 3.12. The Bertz CT molecular complexity index is 337. The number of hydrogen-bond donors (Lipinski definition) is 1. The smallest absolute Gasteiger partial charge is 0.134 e. The van der Waals surface area contributed by atoms with E-state index in [1.807, 2.05) is 46.1 Å². The van der Waals surface area contributed by atoms with Crippen LogP contribution in [0.2, 0.25) is 0 Å². The van der Waals surface area contributed by atoms with E-state index in [1.54, 1.807) is 0 Å². The van der Waals surface area contributed by atoms with Gasteiger partial charge in [-0.3, -0.25) is 0 Å². The Kier molecular flexibility index (Phi) is 4.49. The van der Waals surface area contributed by atoms with Crippen LogP contribution in [-0.4, -0.2) is 51.2 Å². The van der Waals surface area contributed by atoms with Crippen molar-refractivity contribution in [2.24, 2.45) is 0 Å². The second-order valence-corrected chi connectivity index (χ2v) is 4.05. The van der Waals surface area contributed by atoms with Gasteiger partial charge in [0.2, 0.25) is 0 Å². The molecule has 0 bridgehead atoms. The molecule has 0 aliphatic rings. The Morgan fingerprint density at radius 1 is 1.19 bits per heavy atom. The van der Waals surface area contributed by atoms with Gasteiger partial charge in [-0.1, -0.05) is 0 Å². The van der Waals surface area contributed by atoms with Crippen LogP contribution in [0.1, 0.15) is 5.82 Å². The minimum atomic E-state index is 0.803. The van der Waals surface area contributed by atoms with Gasteiger partial charge in [-0.05, 0) is 14.0 Å². The first-order valence-electron chi connectivity index (χ1n) is 5.43. The summed E-state index contributed by atoms with van der Waals surface area (Å²) in [6, 6.07) is 2.00. The van der Waals surface area contributed by atoms with Gasteiger partial charge in [0.05, 0.1) is 0 Å². The molecule has 0 aromatic carbocycles. The van der Waals surface area contributed by atoms with Crippen LogP contribution in [0.15, 0.2) is 6.07 Å². The Hall–Kier alpha value is -1.36. The molecule has 5 nitrogen and oxygen atoms in total. The molecule has 1 heterocycles. The van der Waals surface area contributed by atoms with Crippen LogP contribution in [0, 0.1) is 6.92 Å². The summed E-state index contributed by atoms with van der Waals surface area (Å²) >= 11 is 0. The Labute approximate surface area is 97.5 Å². The standard InChI is InChI=1S/C11H21N5/c1-9-13-10(15(3)4)8-11(14-9)16(5)7-6-12-2/h8,12H,6-7H2,1-5H3. The predicted octanol–water partition coefficient (Wildman–Crippen LogP) is 0.507. The molecule has 1 N–H and O–H groups in total. The number of hydrogen-bond acceptors (Lipinski definition) is 5. The fourth-order valence-corrected chi connectivity index (χ4v) is 1.36. The maximum Gasteiger partial charge on any atom is 0.134 e. The van der Waals surface area contributed by atoms with Crippen molar-refractivity contribution in [2.75, 3.05) is 51.1 Å². The lowest BCUT2D eigenvalue weighted by atomic mass is 10.4. The van der Waals surface area contributed by atoms with Crippen LogP contribution in [0.25, 0.3) is 0 Å². The molecule has 0 unspecified atom stereocenters. The van der Waals surface area contributed by atoms with Crippen LogP contribution in [0.5, 0.6) is 0 Å². The second-order valence-electron chi connectivity index (χ2n) is 4.05. The van der Waals surface area contributed by atoms with Gasteiger partial charge >= 0.3 is 0 Å². The first-order valence-corrected chi connectivity index (χ1v) is 5.43. The number of nitrogens with one attached hydrogen (secondary N) is 1. The first-order chi connectivity index (χ1) is 7.54. The molecule has 16 heavy (non-hydrogen) atoms. The molecule has 1 rings (SSSR count). The summed E-state index contributed by atoms with van der Waals surface area (Å²) in [5.41, 5.74) is 0. The topological polar surface area (TPSA) is 44.3 Å². The van der Waals surface area contributed by atoms with Gasteiger partial charge in [0.1, 0.15) is 17.5 Å².